The molecule has 100 valence electrons. The Bertz CT molecular complexity index is 527. The zero-order chi connectivity index (χ0) is 14.1. The Hall–Kier alpha value is -1.58. The van der Waals surface area contributed by atoms with Gasteiger partial charge in [0.2, 0.25) is 0 Å². The van der Waals surface area contributed by atoms with Crippen LogP contribution in [0.5, 0.6) is 0 Å². The molecule has 1 aromatic heterocycles. The van der Waals surface area contributed by atoms with Crippen LogP contribution in [0.3, 0.4) is 0 Å². The SMILES string of the molecule is CCC(C)(C)Cn1c(C)c(C(=O)O)c(C)cc1=O. The van der Waals surface area contributed by atoms with Gasteiger partial charge < -0.3 is 9.67 Å². The third-order valence-corrected chi connectivity index (χ3v) is 3.52. The largest absolute Gasteiger partial charge is 0.478 e. The summed E-state index contributed by atoms with van der Waals surface area (Å²) in [6.45, 7) is 10.1. The second kappa shape index (κ2) is 4.96. The van der Waals surface area contributed by atoms with Crippen LogP contribution >= 0.6 is 0 Å². The van der Waals surface area contributed by atoms with Crippen LogP contribution in [0.25, 0.3) is 0 Å². The van der Waals surface area contributed by atoms with Crippen LogP contribution in [0.4, 0.5) is 0 Å². The lowest BCUT2D eigenvalue weighted by molar-refractivity contribution is 0.0693. The van der Waals surface area contributed by atoms with E-state index < -0.39 is 5.97 Å². The summed E-state index contributed by atoms with van der Waals surface area (Å²) in [5, 5.41) is 9.20. The summed E-state index contributed by atoms with van der Waals surface area (Å²) in [5.41, 5.74) is 1.14. The van der Waals surface area contributed by atoms with E-state index >= 15 is 0 Å². The first-order chi connectivity index (χ1) is 8.19. The van der Waals surface area contributed by atoms with Gasteiger partial charge >= 0.3 is 5.97 Å². The predicted octanol–water partition coefficient (Wildman–Crippen LogP) is 2.60. The van der Waals surface area contributed by atoms with Gasteiger partial charge in [-0.05, 0) is 31.2 Å². The van der Waals surface area contributed by atoms with Crippen molar-refractivity contribution >= 4 is 5.97 Å². The number of carboxylic acids is 1. The van der Waals surface area contributed by atoms with E-state index in [2.05, 4.69) is 20.8 Å². The molecule has 0 spiro atoms. The Morgan fingerprint density at radius 1 is 1.39 bits per heavy atom. The van der Waals surface area contributed by atoms with Crippen molar-refractivity contribution in [3.8, 4) is 0 Å². The van der Waals surface area contributed by atoms with Gasteiger partial charge in [0, 0.05) is 18.3 Å². The number of hydrogen-bond acceptors (Lipinski definition) is 2. The maximum Gasteiger partial charge on any atom is 0.337 e. The highest BCUT2D eigenvalue weighted by Gasteiger charge is 2.21. The minimum atomic E-state index is -0.979. The van der Waals surface area contributed by atoms with Gasteiger partial charge in [-0.25, -0.2) is 4.79 Å². The Labute approximate surface area is 107 Å². The lowest BCUT2D eigenvalue weighted by Gasteiger charge is -2.25. The topological polar surface area (TPSA) is 59.3 Å². The first kappa shape index (κ1) is 14.5. The summed E-state index contributed by atoms with van der Waals surface area (Å²) in [7, 11) is 0. The molecular weight excluding hydrogens is 230 g/mol. The molecular formula is C14H21NO3. The average molecular weight is 251 g/mol. The smallest absolute Gasteiger partial charge is 0.337 e. The van der Waals surface area contributed by atoms with Crippen LogP contribution in [0.15, 0.2) is 10.9 Å². The van der Waals surface area contributed by atoms with E-state index in [9.17, 15) is 14.7 Å². The number of aryl methyl sites for hydroxylation is 1. The van der Waals surface area contributed by atoms with E-state index in [1.807, 2.05) is 0 Å². The van der Waals surface area contributed by atoms with E-state index in [0.29, 0.717) is 17.8 Å². The van der Waals surface area contributed by atoms with Crippen LogP contribution in [0.2, 0.25) is 0 Å². The number of aromatic nitrogens is 1. The van der Waals surface area contributed by atoms with Crippen LogP contribution in [-0.2, 0) is 6.54 Å². The molecule has 4 nitrogen and oxygen atoms in total. The monoisotopic (exact) mass is 251 g/mol. The number of nitrogens with zero attached hydrogens (tertiary/aromatic N) is 1. The van der Waals surface area contributed by atoms with Gasteiger partial charge in [0.15, 0.2) is 0 Å². The Morgan fingerprint density at radius 2 is 1.94 bits per heavy atom. The highest BCUT2D eigenvalue weighted by Crippen LogP contribution is 2.23. The van der Waals surface area contributed by atoms with Gasteiger partial charge in [-0.1, -0.05) is 20.8 Å². The number of hydrogen-bond donors (Lipinski definition) is 1. The molecule has 0 saturated carbocycles. The molecule has 0 unspecified atom stereocenters. The summed E-state index contributed by atoms with van der Waals surface area (Å²) >= 11 is 0. The molecule has 0 aliphatic carbocycles. The summed E-state index contributed by atoms with van der Waals surface area (Å²) in [4.78, 5) is 23.2. The maximum absolute atomic E-state index is 12.0. The van der Waals surface area contributed by atoms with Crippen molar-refractivity contribution in [3.05, 3.63) is 33.2 Å². The van der Waals surface area contributed by atoms with Gasteiger partial charge in [-0.15, -0.1) is 0 Å². The molecule has 0 saturated heterocycles. The van der Waals surface area contributed by atoms with Gasteiger partial charge in [-0.3, -0.25) is 4.79 Å². The predicted molar refractivity (Wildman–Crippen MR) is 71.2 cm³/mol. The Morgan fingerprint density at radius 3 is 2.39 bits per heavy atom. The molecule has 18 heavy (non-hydrogen) atoms. The standard InChI is InChI=1S/C14H21NO3/c1-6-14(4,5)8-15-10(3)12(13(17)18)9(2)7-11(15)16/h7H,6,8H2,1-5H3,(H,17,18). The van der Waals surface area contributed by atoms with Crippen molar-refractivity contribution in [2.75, 3.05) is 0 Å². The van der Waals surface area contributed by atoms with Crippen molar-refractivity contribution in [2.45, 2.75) is 47.6 Å². The Kier molecular flexibility index (Phi) is 3.99. The number of carboxylic acid groups (broad SMARTS) is 1. The minimum absolute atomic E-state index is 0.0282. The second-order valence-corrected chi connectivity index (χ2v) is 5.54. The zero-order valence-corrected chi connectivity index (χ0v) is 11.7. The first-order valence-electron chi connectivity index (χ1n) is 6.14. The molecule has 0 aliphatic heterocycles. The highest BCUT2D eigenvalue weighted by atomic mass is 16.4. The fraction of sp³-hybridized carbons (Fsp3) is 0.571. The van der Waals surface area contributed by atoms with Gasteiger partial charge in [-0.2, -0.15) is 0 Å². The molecule has 1 heterocycles. The van der Waals surface area contributed by atoms with Crippen molar-refractivity contribution < 1.29 is 9.90 Å². The molecule has 1 aromatic rings. The third-order valence-electron chi connectivity index (χ3n) is 3.52. The molecule has 0 bridgehead atoms. The molecule has 0 amide bonds. The van der Waals surface area contributed by atoms with Crippen molar-refractivity contribution in [2.24, 2.45) is 5.41 Å². The second-order valence-electron chi connectivity index (χ2n) is 5.54. The quantitative estimate of drug-likeness (QED) is 0.894. The average Bonchev–Trinajstić information content (AvgIpc) is 2.23. The lowest BCUT2D eigenvalue weighted by Crippen LogP contribution is -2.31. The normalized spacial score (nSPS) is 11.6. The lowest BCUT2D eigenvalue weighted by atomic mass is 9.90. The van der Waals surface area contributed by atoms with Crippen LogP contribution in [-0.4, -0.2) is 15.6 Å². The molecule has 0 fully saturated rings. The van der Waals surface area contributed by atoms with Gasteiger partial charge in [0.1, 0.15) is 0 Å². The van der Waals surface area contributed by atoms with E-state index in [4.69, 9.17) is 0 Å². The Balaban J connectivity index is 3.42. The van der Waals surface area contributed by atoms with Crippen molar-refractivity contribution in [1.29, 1.82) is 0 Å². The minimum Gasteiger partial charge on any atom is -0.478 e. The number of pyridine rings is 1. The summed E-state index contributed by atoms with van der Waals surface area (Å²) < 4.78 is 1.57. The number of aromatic carboxylic acids is 1. The molecule has 0 aromatic carbocycles. The van der Waals surface area contributed by atoms with Crippen molar-refractivity contribution in [3.63, 3.8) is 0 Å². The highest BCUT2D eigenvalue weighted by molar-refractivity contribution is 5.90. The maximum atomic E-state index is 12.0. The van der Waals surface area contributed by atoms with E-state index in [0.717, 1.165) is 6.42 Å². The van der Waals surface area contributed by atoms with Gasteiger partial charge in [0.05, 0.1) is 5.56 Å². The molecule has 0 aliphatic rings. The molecule has 1 rings (SSSR count). The fourth-order valence-electron chi connectivity index (χ4n) is 1.98. The molecule has 4 heteroatoms. The number of carbonyl (C=O) groups is 1. The van der Waals surface area contributed by atoms with Crippen LogP contribution < -0.4 is 5.56 Å². The molecule has 0 radical (unpaired) electrons. The molecule has 0 atom stereocenters. The number of rotatable bonds is 4. The van der Waals surface area contributed by atoms with E-state index in [1.165, 1.54) is 6.07 Å². The van der Waals surface area contributed by atoms with Gasteiger partial charge in [0.25, 0.3) is 5.56 Å². The van der Waals surface area contributed by atoms with Crippen molar-refractivity contribution in [1.82, 2.24) is 4.57 Å². The van der Waals surface area contributed by atoms with E-state index in [-0.39, 0.29) is 16.5 Å². The summed E-state index contributed by atoms with van der Waals surface area (Å²) in [6.07, 6.45) is 0.926. The summed E-state index contributed by atoms with van der Waals surface area (Å²) in [6, 6.07) is 1.40. The first-order valence-corrected chi connectivity index (χ1v) is 6.14. The zero-order valence-electron chi connectivity index (χ0n) is 11.7. The van der Waals surface area contributed by atoms with Crippen LogP contribution in [0, 0.1) is 19.3 Å². The van der Waals surface area contributed by atoms with E-state index in [1.54, 1.807) is 18.4 Å². The third kappa shape index (κ3) is 2.81. The summed E-state index contributed by atoms with van der Waals surface area (Å²) in [5.74, 6) is -0.979. The van der Waals surface area contributed by atoms with Crippen LogP contribution in [0.1, 0.15) is 48.8 Å². The molecule has 1 N–H and O–H groups in total. The fourth-order valence-corrected chi connectivity index (χ4v) is 1.98.